The maximum absolute atomic E-state index is 14.1. The van der Waals surface area contributed by atoms with Gasteiger partial charge in [-0.1, -0.05) is 18.2 Å². The van der Waals surface area contributed by atoms with Crippen molar-refractivity contribution in [3.05, 3.63) is 76.2 Å². The van der Waals surface area contributed by atoms with E-state index in [0.717, 1.165) is 51.2 Å². The highest BCUT2D eigenvalue weighted by atomic mass is 32.2. The summed E-state index contributed by atoms with van der Waals surface area (Å²) in [5.41, 5.74) is 2.88. The lowest BCUT2D eigenvalue weighted by molar-refractivity contribution is 0.407. The smallest absolute Gasteiger partial charge is 0.256 e. The average molecular weight is 431 g/mol. The van der Waals surface area contributed by atoms with E-state index in [-0.39, 0.29) is 5.56 Å². The predicted molar refractivity (Wildman–Crippen MR) is 126 cm³/mol. The molecule has 156 valence electrons. The van der Waals surface area contributed by atoms with Crippen molar-refractivity contribution in [1.82, 2.24) is 14.3 Å². The van der Waals surface area contributed by atoms with Gasteiger partial charge in [0, 0.05) is 58.9 Å². The van der Waals surface area contributed by atoms with Crippen molar-refractivity contribution >= 4 is 43.1 Å². The summed E-state index contributed by atoms with van der Waals surface area (Å²) >= 11 is 0. The first-order valence-corrected chi connectivity index (χ1v) is 12.1. The first-order valence-electron chi connectivity index (χ1n) is 10.4. The van der Waals surface area contributed by atoms with Crippen molar-refractivity contribution in [2.24, 2.45) is 0 Å². The van der Waals surface area contributed by atoms with Crippen LogP contribution >= 0.6 is 0 Å². The van der Waals surface area contributed by atoms with Crippen LogP contribution in [0.25, 0.3) is 21.7 Å². The molecule has 0 bridgehead atoms. The molecule has 1 saturated heterocycles. The Hall–Kier alpha value is -3.16. The van der Waals surface area contributed by atoms with Crippen molar-refractivity contribution in [3.8, 4) is 0 Å². The van der Waals surface area contributed by atoms with E-state index in [1.165, 1.54) is 0 Å². The summed E-state index contributed by atoms with van der Waals surface area (Å²) in [6.07, 6.45) is 2.48. The Morgan fingerprint density at radius 1 is 0.968 bits per heavy atom. The van der Waals surface area contributed by atoms with Gasteiger partial charge in [-0.3, -0.25) is 4.79 Å². The molecule has 1 aliphatic heterocycles. The summed E-state index contributed by atoms with van der Waals surface area (Å²) in [7, 11) is -2.66. The molecule has 2 aromatic heterocycles. The van der Waals surface area contributed by atoms with E-state index < -0.39 is 9.71 Å². The second-order valence-electron chi connectivity index (χ2n) is 8.18. The molecule has 1 atom stereocenters. The molecular formula is C24H22N4O2S. The van der Waals surface area contributed by atoms with E-state index in [1.807, 2.05) is 46.8 Å². The minimum atomic E-state index is -2.66. The fourth-order valence-corrected chi connectivity index (χ4v) is 6.87. The van der Waals surface area contributed by atoms with Crippen LogP contribution in [0.1, 0.15) is 11.1 Å². The Bertz CT molecular complexity index is 1500. The van der Waals surface area contributed by atoms with Gasteiger partial charge in [0.15, 0.2) is 0 Å². The Balaban J connectivity index is 1.39. The van der Waals surface area contributed by atoms with Crippen molar-refractivity contribution in [1.29, 1.82) is 0 Å². The van der Waals surface area contributed by atoms with Crippen LogP contribution in [0.15, 0.2) is 64.4 Å². The normalized spacial score (nSPS) is 18.1. The van der Waals surface area contributed by atoms with Gasteiger partial charge in [0.05, 0.1) is 9.71 Å². The summed E-state index contributed by atoms with van der Waals surface area (Å²) in [4.78, 5) is 22.9. The number of pyridine rings is 2. The fraction of sp³-hybridized carbons (Fsp3) is 0.208. The van der Waals surface area contributed by atoms with Crippen LogP contribution in [0, 0.1) is 0 Å². The summed E-state index contributed by atoms with van der Waals surface area (Å²) in [6, 6.07) is 15.5. The molecule has 0 spiro atoms. The number of piperazine rings is 1. The van der Waals surface area contributed by atoms with E-state index >= 15 is 0 Å². The summed E-state index contributed by atoms with van der Waals surface area (Å²) in [5.74, 6) is 5.17. The third kappa shape index (κ3) is 2.73. The summed E-state index contributed by atoms with van der Waals surface area (Å²) in [6.45, 7) is 2.82. The minimum absolute atomic E-state index is 0.0778. The van der Waals surface area contributed by atoms with Crippen LogP contribution in [-0.2, 0) is 16.1 Å². The molecule has 2 aliphatic rings. The molecule has 3 heterocycles. The number of hydrogen-bond acceptors (Lipinski definition) is 4. The predicted octanol–water partition coefficient (Wildman–Crippen LogP) is 2.79. The third-order valence-corrected chi connectivity index (χ3v) is 8.77. The minimum Gasteiger partial charge on any atom is -0.354 e. The lowest BCUT2D eigenvalue weighted by atomic mass is 10.1. The van der Waals surface area contributed by atoms with Gasteiger partial charge in [-0.15, -0.1) is 0 Å². The lowest BCUT2D eigenvalue weighted by Crippen LogP contribution is -2.49. The van der Waals surface area contributed by atoms with Crippen molar-refractivity contribution < 1.29 is 4.21 Å². The number of nitrogens with zero attached hydrogens (tertiary/aromatic N) is 3. The highest BCUT2D eigenvalue weighted by molar-refractivity contribution is 7.98. The van der Waals surface area contributed by atoms with Gasteiger partial charge in [-0.25, -0.2) is 13.5 Å². The molecule has 1 unspecified atom stereocenters. The molecule has 1 fully saturated rings. The first kappa shape index (κ1) is 18.6. The molecule has 6 nitrogen and oxygen atoms in total. The van der Waals surface area contributed by atoms with Crippen molar-refractivity contribution in [2.45, 2.75) is 11.3 Å². The molecule has 6 rings (SSSR count). The monoisotopic (exact) mass is 430 g/mol. The molecule has 0 radical (unpaired) electrons. The Kier molecular flexibility index (Phi) is 4.00. The number of hydrogen-bond donors (Lipinski definition) is 1. The van der Waals surface area contributed by atoms with Gasteiger partial charge in [0.2, 0.25) is 0 Å². The second kappa shape index (κ2) is 6.67. The molecular weight excluding hydrogens is 408 g/mol. The molecule has 31 heavy (non-hydrogen) atoms. The van der Waals surface area contributed by atoms with Crippen molar-refractivity contribution in [2.75, 3.05) is 31.1 Å². The number of rotatable bonds is 3. The van der Waals surface area contributed by atoms with Crippen LogP contribution in [0.5, 0.6) is 0 Å². The number of aromatic nitrogens is 2. The number of anilines is 1. The van der Waals surface area contributed by atoms with Crippen LogP contribution in [0.3, 0.4) is 0 Å². The van der Waals surface area contributed by atoms with E-state index in [0.29, 0.717) is 24.9 Å². The lowest BCUT2D eigenvalue weighted by Gasteiger charge is -2.37. The Morgan fingerprint density at radius 3 is 2.58 bits per heavy atom. The topological polar surface area (TPSA) is 69.3 Å². The standard InChI is InChI=1S/C24H22N4O2S/c1-31(30,28-13-11-27(12-14-28)21-7-2-3-10-25-21)20-9-8-19-23-18(20)15-16-5-4-6-17(22(16)23)24(29)26-19/h2-10H,1,11-15H2,(H,26,29). The first-order chi connectivity index (χ1) is 15.0. The highest BCUT2D eigenvalue weighted by Gasteiger charge is 2.30. The quantitative estimate of drug-likeness (QED) is 0.353. The highest BCUT2D eigenvalue weighted by Crippen LogP contribution is 2.39. The molecule has 1 aliphatic carbocycles. The SMILES string of the molecule is C=S(=O)(c1ccc2[nH]c(=O)c3cccc4c3c2c1C4)N1CCN(c2ccccn2)CC1. The van der Waals surface area contributed by atoms with Gasteiger partial charge in [-0.2, -0.15) is 0 Å². The summed E-state index contributed by atoms with van der Waals surface area (Å²) in [5, 5.41) is 2.71. The van der Waals surface area contributed by atoms with Crippen LogP contribution in [0.4, 0.5) is 5.82 Å². The number of H-pyrrole nitrogens is 1. The molecule has 0 saturated carbocycles. The van der Waals surface area contributed by atoms with Crippen LogP contribution in [0.2, 0.25) is 0 Å². The van der Waals surface area contributed by atoms with Gasteiger partial charge in [-0.05, 0) is 53.7 Å². The van der Waals surface area contributed by atoms with E-state index in [9.17, 15) is 9.00 Å². The zero-order chi connectivity index (χ0) is 21.2. The number of nitrogens with one attached hydrogen (secondary N) is 1. The van der Waals surface area contributed by atoms with Gasteiger partial charge < -0.3 is 9.88 Å². The van der Waals surface area contributed by atoms with E-state index in [4.69, 9.17) is 0 Å². The average Bonchev–Trinajstić information content (AvgIpc) is 3.19. The molecule has 4 aromatic rings. The third-order valence-electron chi connectivity index (χ3n) is 6.50. The summed E-state index contributed by atoms with van der Waals surface area (Å²) < 4.78 is 16.1. The van der Waals surface area contributed by atoms with E-state index in [2.05, 4.69) is 26.8 Å². The maximum Gasteiger partial charge on any atom is 0.256 e. The Morgan fingerprint density at radius 2 is 1.81 bits per heavy atom. The second-order valence-corrected chi connectivity index (χ2v) is 10.4. The fourth-order valence-electron chi connectivity index (χ4n) is 5.00. The van der Waals surface area contributed by atoms with E-state index in [1.54, 1.807) is 6.20 Å². The molecule has 2 aromatic carbocycles. The zero-order valence-corrected chi connectivity index (χ0v) is 17.8. The van der Waals surface area contributed by atoms with Crippen LogP contribution in [-0.4, -0.2) is 50.5 Å². The van der Waals surface area contributed by atoms with Crippen molar-refractivity contribution in [3.63, 3.8) is 0 Å². The number of aromatic amines is 1. The molecule has 1 N–H and O–H groups in total. The largest absolute Gasteiger partial charge is 0.354 e. The van der Waals surface area contributed by atoms with Gasteiger partial charge >= 0.3 is 0 Å². The molecule has 0 amide bonds. The zero-order valence-electron chi connectivity index (χ0n) is 17.0. The van der Waals surface area contributed by atoms with Crippen LogP contribution < -0.4 is 10.5 Å². The number of benzene rings is 2. The van der Waals surface area contributed by atoms with Gasteiger partial charge in [0.1, 0.15) is 5.82 Å². The Labute approximate surface area is 180 Å². The maximum atomic E-state index is 14.1. The molecule has 7 heteroatoms. The van der Waals surface area contributed by atoms with Gasteiger partial charge in [0.25, 0.3) is 5.56 Å².